The minimum Gasteiger partial charge on any atom is -0.279 e. The second-order valence-electron chi connectivity index (χ2n) is 6.76. The molecule has 1 aliphatic rings. The molecule has 10 nitrogen and oxygen atoms in total. The number of non-ortho nitro benzene ring substituents is 1. The summed E-state index contributed by atoms with van der Waals surface area (Å²) in [5.41, 5.74) is -0.459. The molecule has 2 amide bonds. The van der Waals surface area contributed by atoms with Crippen LogP contribution >= 0.6 is 0 Å². The van der Waals surface area contributed by atoms with Gasteiger partial charge < -0.3 is 0 Å². The third kappa shape index (κ3) is 3.78. The van der Waals surface area contributed by atoms with Crippen LogP contribution in [0.15, 0.2) is 65.7 Å². The lowest BCUT2D eigenvalue weighted by Gasteiger charge is -2.17. The molecule has 0 atom stereocenters. The lowest BCUT2D eigenvalue weighted by Crippen LogP contribution is -2.30. The van der Waals surface area contributed by atoms with E-state index in [2.05, 4.69) is 9.71 Å². The maximum atomic E-state index is 13.9. The van der Waals surface area contributed by atoms with Crippen LogP contribution in [-0.4, -0.2) is 35.0 Å². The second kappa shape index (κ2) is 7.81. The van der Waals surface area contributed by atoms with Gasteiger partial charge in [0.1, 0.15) is 11.5 Å². The SMILES string of the molecule is O=C1c2cccnc2C(=O)N1Cc1ccc(F)cc1S(=O)(=O)Nc1cccc([N+](=O)[O-])c1. The van der Waals surface area contributed by atoms with Crippen LogP contribution in [0.3, 0.4) is 0 Å². The van der Waals surface area contributed by atoms with E-state index < -0.39 is 44.0 Å². The number of carbonyl (C=O) groups excluding carboxylic acids is 2. The van der Waals surface area contributed by atoms with Crippen LogP contribution in [0.5, 0.6) is 0 Å². The Balaban J connectivity index is 1.69. The number of fused-ring (bicyclic) bond motifs is 1. The predicted molar refractivity (Wildman–Crippen MR) is 109 cm³/mol. The van der Waals surface area contributed by atoms with Crippen LogP contribution in [0.25, 0.3) is 0 Å². The average Bonchev–Trinajstić information content (AvgIpc) is 3.00. The molecule has 2 heterocycles. The van der Waals surface area contributed by atoms with Crippen LogP contribution in [-0.2, 0) is 16.6 Å². The number of pyridine rings is 1. The molecule has 0 aliphatic carbocycles. The zero-order chi connectivity index (χ0) is 23.0. The average molecular weight is 456 g/mol. The first-order chi connectivity index (χ1) is 15.2. The molecule has 0 saturated heterocycles. The number of nitro benzene ring substituents is 1. The van der Waals surface area contributed by atoms with Gasteiger partial charge in [-0.25, -0.2) is 12.8 Å². The fourth-order valence-electron chi connectivity index (χ4n) is 3.23. The molecule has 1 aliphatic heterocycles. The van der Waals surface area contributed by atoms with Crippen molar-refractivity contribution >= 4 is 33.2 Å². The van der Waals surface area contributed by atoms with E-state index in [9.17, 15) is 32.5 Å². The third-order valence-corrected chi connectivity index (χ3v) is 6.15. The van der Waals surface area contributed by atoms with E-state index in [1.807, 2.05) is 0 Å². The Kier molecular flexibility index (Phi) is 5.14. The summed E-state index contributed by atoms with van der Waals surface area (Å²) in [6.45, 7) is -0.445. The van der Waals surface area contributed by atoms with Crippen LogP contribution in [0.4, 0.5) is 15.8 Å². The van der Waals surface area contributed by atoms with Gasteiger partial charge in [0, 0.05) is 18.3 Å². The van der Waals surface area contributed by atoms with Gasteiger partial charge in [0.25, 0.3) is 27.5 Å². The highest BCUT2D eigenvalue weighted by molar-refractivity contribution is 7.92. The Labute approximate surface area is 180 Å². The highest BCUT2D eigenvalue weighted by Gasteiger charge is 2.37. The minimum absolute atomic E-state index is 0.0289. The van der Waals surface area contributed by atoms with E-state index in [0.29, 0.717) is 0 Å². The van der Waals surface area contributed by atoms with Crippen molar-refractivity contribution in [1.29, 1.82) is 0 Å². The largest absolute Gasteiger partial charge is 0.280 e. The van der Waals surface area contributed by atoms with Crippen LogP contribution in [0, 0.1) is 15.9 Å². The number of nitro groups is 1. The molecule has 0 spiro atoms. The van der Waals surface area contributed by atoms with Gasteiger partial charge in [-0.05, 0) is 35.9 Å². The Hall–Kier alpha value is -4.19. The normalized spacial score (nSPS) is 13.2. The van der Waals surface area contributed by atoms with E-state index >= 15 is 0 Å². The number of anilines is 1. The smallest absolute Gasteiger partial charge is 0.279 e. The predicted octanol–water partition coefficient (Wildman–Crippen LogP) is 2.73. The van der Waals surface area contributed by atoms with Gasteiger partial charge in [-0.2, -0.15) is 0 Å². The molecule has 4 rings (SSSR count). The van der Waals surface area contributed by atoms with Crippen molar-refractivity contribution in [2.24, 2.45) is 0 Å². The maximum Gasteiger partial charge on any atom is 0.280 e. The third-order valence-electron chi connectivity index (χ3n) is 4.69. The van der Waals surface area contributed by atoms with Gasteiger partial charge in [-0.15, -0.1) is 0 Å². The molecule has 0 unspecified atom stereocenters. The lowest BCUT2D eigenvalue weighted by molar-refractivity contribution is -0.384. The molecular weight excluding hydrogens is 443 g/mol. The van der Waals surface area contributed by atoms with E-state index in [4.69, 9.17) is 0 Å². The Morgan fingerprint density at radius 3 is 2.56 bits per heavy atom. The molecule has 1 aromatic heterocycles. The van der Waals surface area contributed by atoms with Crippen molar-refractivity contribution in [3.8, 4) is 0 Å². The number of rotatable bonds is 6. The summed E-state index contributed by atoms with van der Waals surface area (Å²) in [4.78, 5) is 39.6. The van der Waals surface area contributed by atoms with Gasteiger partial charge >= 0.3 is 0 Å². The monoisotopic (exact) mass is 456 g/mol. The van der Waals surface area contributed by atoms with Crippen LogP contribution in [0.1, 0.15) is 26.4 Å². The first-order valence-electron chi connectivity index (χ1n) is 9.04. The maximum absolute atomic E-state index is 13.9. The summed E-state index contributed by atoms with van der Waals surface area (Å²) < 4.78 is 42.0. The number of sulfonamides is 1. The molecule has 0 radical (unpaired) electrons. The van der Waals surface area contributed by atoms with Crippen LogP contribution in [0.2, 0.25) is 0 Å². The molecule has 162 valence electrons. The summed E-state index contributed by atoms with van der Waals surface area (Å²) in [7, 11) is -4.43. The zero-order valence-corrected chi connectivity index (χ0v) is 16.9. The van der Waals surface area contributed by atoms with E-state index in [-0.39, 0.29) is 28.2 Å². The Morgan fingerprint density at radius 1 is 1.06 bits per heavy atom. The first kappa shape index (κ1) is 21.1. The minimum atomic E-state index is -4.43. The van der Waals surface area contributed by atoms with Gasteiger partial charge in [0.2, 0.25) is 0 Å². The molecule has 0 bridgehead atoms. The molecule has 32 heavy (non-hydrogen) atoms. The van der Waals surface area contributed by atoms with Crippen molar-refractivity contribution in [2.75, 3.05) is 4.72 Å². The van der Waals surface area contributed by atoms with E-state index in [0.717, 1.165) is 29.2 Å². The molecule has 2 aromatic carbocycles. The first-order valence-corrected chi connectivity index (χ1v) is 10.5. The molecule has 0 fully saturated rings. The molecular formula is C20H13FN4O6S. The summed E-state index contributed by atoms with van der Waals surface area (Å²) >= 11 is 0. The van der Waals surface area contributed by atoms with Gasteiger partial charge in [0.05, 0.1) is 27.6 Å². The second-order valence-corrected chi connectivity index (χ2v) is 8.41. The molecule has 3 aromatic rings. The Morgan fingerprint density at radius 2 is 1.84 bits per heavy atom. The fourth-order valence-corrected chi connectivity index (χ4v) is 4.52. The summed E-state index contributed by atoms with van der Waals surface area (Å²) in [5.74, 6) is -2.22. The standard InChI is InChI=1S/C20H13FN4O6S/c21-13-7-6-12(11-24-19(26)16-5-2-8-22-18(16)20(24)27)17(9-13)32(30,31)23-14-3-1-4-15(10-14)25(28)29/h1-10,23H,11H2. The van der Waals surface area contributed by atoms with Crippen molar-refractivity contribution in [3.05, 3.63) is 93.5 Å². The quantitative estimate of drug-likeness (QED) is 0.342. The van der Waals surface area contributed by atoms with Gasteiger partial charge in [0.15, 0.2) is 0 Å². The number of imide groups is 1. The van der Waals surface area contributed by atoms with Gasteiger partial charge in [-0.3, -0.25) is 34.3 Å². The zero-order valence-electron chi connectivity index (χ0n) is 16.1. The number of nitrogens with zero attached hydrogens (tertiary/aromatic N) is 3. The van der Waals surface area contributed by atoms with Crippen molar-refractivity contribution in [3.63, 3.8) is 0 Å². The number of carbonyl (C=O) groups is 2. The van der Waals surface area contributed by atoms with Crippen molar-refractivity contribution in [1.82, 2.24) is 9.88 Å². The molecule has 0 saturated carbocycles. The summed E-state index contributed by atoms with van der Waals surface area (Å²) in [6, 6.07) is 10.6. The summed E-state index contributed by atoms with van der Waals surface area (Å²) in [5, 5.41) is 10.9. The molecule has 1 N–H and O–H groups in total. The number of amides is 2. The number of aromatic nitrogens is 1. The Bertz CT molecular complexity index is 1360. The number of nitrogens with one attached hydrogen (secondary N) is 1. The topological polar surface area (TPSA) is 140 Å². The summed E-state index contributed by atoms with van der Waals surface area (Å²) in [6.07, 6.45) is 1.35. The van der Waals surface area contributed by atoms with Gasteiger partial charge in [-0.1, -0.05) is 12.1 Å². The fraction of sp³-hybridized carbons (Fsp3) is 0.0500. The number of hydrogen-bond donors (Lipinski definition) is 1. The van der Waals surface area contributed by atoms with E-state index in [1.54, 1.807) is 0 Å². The molecule has 12 heteroatoms. The number of halogens is 1. The number of hydrogen-bond acceptors (Lipinski definition) is 7. The lowest BCUT2D eigenvalue weighted by atomic mass is 10.2. The highest BCUT2D eigenvalue weighted by Crippen LogP contribution is 2.27. The van der Waals surface area contributed by atoms with Crippen molar-refractivity contribution < 1.29 is 27.3 Å². The highest BCUT2D eigenvalue weighted by atomic mass is 32.2. The van der Waals surface area contributed by atoms with E-state index in [1.165, 1.54) is 36.5 Å². The number of benzene rings is 2. The van der Waals surface area contributed by atoms with Crippen LogP contribution < -0.4 is 4.72 Å². The van der Waals surface area contributed by atoms with Crippen molar-refractivity contribution in [2.45, 2.75) is 11.4 Å².